The largest absolute Gasteiger partial charge is 0.477 e. The lowest BCUT2D eigenvalue weighted by Crippen LogP contribution is -2.41. The van der Waals surface area contributed by atoms with E-state index in [-0.39, 0.29) is 11.9 Å². The Morgan fingerprint density at radius 3 is 2.71 bits per heavy atom. The molecule has 3 heteroatoms. The summed E-state index contributed by atoms with van der Waals surface area (Å²) in [6.45, 7) is 10.9. The van der Waals surface area contributed by atoms with E-state index in [4.69, 9.17) is 9.47 Å². The van der Waals surface area contributed by atoms with Crippen LogP contribution in [0.5, 0.6) is 5.75 Å². The highest BCUT2D eigenvalue weighted by Gasteiger charge is 2.39. The van der Waals surface area contributed by atoms with Crippen molar-refractivity contribution in [1.82, 2.24) is 0 Å². The topological polar surface area (TPSA) is 35.5 Å². The molecule has 1 aromatic rings. The number of hydrogen-bond acceptors (Lipinski definition) is 3. The maximum absolute atomic E-state index is 12.5. The Labute approximate surface area is 146 Å². The number of fused-ring (bicyclic) bond motifs is 1. The van der Waals surface area contributed by atoms with Gasteiger partial charge < -0.3 is 9.47 Å². The van der Waals surface area contributed by atoms with Crippen molar-refractivity contribution >= 4 is 11.5 Å². The van der Waals surface area contributed by atoms with Crippen molar-refractivity contribution in [2.45, 2.75) is 59.0 Å². The van der Waals surface area contributed by atoms with E-state index in [9.17, 15) is 4.79 Å². The van der Waals surface area contributed by atoms with Crippen LogP contribution in [0.25, 0.3) is 5.57 Å². The van der Waals surface area contributed by atoms with Crippen LogP contribution in [0, 0.1) is 11.8 Å². The number of carbonyl (C=O) groups is 1. The lowest BCUT2D eigenvalue weighted by Gasteiger charge is -2.35. The predicted molar refractivity (Wildman–Crippen MR) is 97.9 cm³/mol. The van der Waals surface area contributed by atoms with Crippen molar-refractivity contribution in [1.29, 1.82) is 0 Å². The highest BCUT2D eigenvalue weighted by atomic mass is 16.6. The molecule has 1 aromatic carbocycles. The summed E-state index contributed by atoms with van der Waals surface area (Å²) in [5, 5.41) is 0. The van der Waals surface area contributed by atoms with Gasteiger partial charge in [0.1, 0.15) is 5.75 Å². The quantitative estimate of drug-likeness (QED) is 0.611. The van der Waals surface area contributed by atoms with Crippen molar-refractivity contribution in [3.05, 3.63) is 36.4 Å². The molecule has 2 rings (SSSR count). The molecule has 0 saturated carbocycles. The van der Waals surface area contributed by atoms with Crippen LogP contribution in [-0.4, -0.2) is 18.7 Å². The molecule has 1 unspecified atom stereocenters. The van der Waals surface area contributed by atoms with Crippen LogP contribution in [0.1, 0.15) is 58.4 Å². The maximum atomic E-state index is 12.5. The molecule has 3 nitrogen and oxygen atoms in total. The number of rotatable bonds is 8. The second-order valence-electron chi connectivity index (χ2n) is 6.57. The third-order valence-electron chi connectivity index (χ3n) is 4.95. The normalized spacial score (nSPS) is 20.9. The van der Waals surface area contributed by atoms with Crippen LogP contribution >= 0.6 is 0 Å². The van der Waals surface area contributed by atoms with Crippen molar-refractivity contribution < 1.29 is 14.3 Å². The maximum Gasteiger partial charge on any atom is 0.347 e. The lowest BCUT2D eigenvalue weighted by atomic mass is 9.78. The minimum absolute atomic E-state index is 0.0132. The summed E-state index contributed by atoms with van der Waals surface area (Å²) in [5.41, 5.74) is 2.03. The minimum atomic E-state index is -0.581. The Morgan fingerprint density at radius 2 is 2.04 bits per heavy atom. The van der Waals surface area contributed by atoms with Gasteiger partial charge in [0.2, 0.25) is 6.10 Å². The molecule has 1 aliphatic heterocycles. The van der Waals surface area contributed by atoms with E-state index in [2.05, 4.69) is 20.4 Å². The third-order valence-corrected chi connectivity index (χ3v) is 4.95. The Morgan fingerprint density at radius 1 is 1.29 bits per heavy atom. The first kappa shape index (κ1) is 18.6. The summed E-state index contributed by atoms with van der Waals surface area (Å²) in [5.74, 6) is 1.03. The summed E-state index contributed by atoms with van der Waals surface area (Å²) in [7, 11) is 0. The number of hydrogen-bond donors (Lipinski definition) is 0. The molecular formula is C21H30O3. The molecule has 0 radical (unpaired) electrons. The number of ether oxygens (including phenoxy) is 2. The predicted octanol–water partition coefficient (Wildman–Crippen LogP) is 5.25. The van der Waals surface area contributed by atoms with Crippen LogP contribution in [0.2, 0.25) is 0 Å². The number of carbonyl (C=O) groups excluding carboxylic acids is 1. The summed E-state index contributed by atoms with van der Waals surface area (Å²) in [6.07, 6.45) is 5.06. The highest BCUT2D eigenvalue weighted by molar-refractivity contribution is 5.83. The van der Waals surface area contributed by atoms with E-state index in [1.165, 1.54) is 19.3 Å². The average Bonchev–Trinajstić information content (AvgIpc) is 2.60. The smallest absolute Gasteiger partial charge is 0.347 e. The van der Waals surface area contributed by atoms with Gasteiger partial charge in [0.15, 0.2) is 0 Å². The Balaban J connectivity index is 2.25. The van der Waals surface area contributed by atoms with Crippen molar-refractivity contribution in [2.24, 2.45) is 11.8 Å². The number of unbranched alkanes of at least 4 members (excludes halogenated alkanes) is 1. The second-order valence-corrected chi connectivity index (χ2v) is 6.57. The first-order chi connectivity index (χ1) is 11.6. The van der Waals surface area contributed by atoms with E-state index in [1.54, 1.807) is 0 Å². The van der Waals surface area contributed by atoms with Gasteiger partial charge in [-0.05, 0) is 30.9 Å². The molecule has 0 fully saturated rings. The van der Waals surface area contributed by atoms with Gasteiger partial charge >= 0.3 is 5.97 Å². The molecule has 0 aliphatic carbocycles. The van der Waals surface area contributed by atoms with Crippen LogP contribution in [-0.2, 0) is 9.53 Å². The molecule has 0 amide bonds. The molecule has 0 spiro atoms. The SMILES string of the molecule is C=C1c2ccccc2O[C@H](C(=O)OCC)[C@@H]1CC(CC)CCCC. The van der Waals surface area contributed by atoms with E-state index in [0.717, 1.165) is 29.7 Å². The molecule has 24 heavy (non-hydrogen) atoms. The van der Waals surface area contributed by atoms with Gasteiger partial charge in [0.05, 0.1) is 6.61 Å². The molecule has 0 bridgehead atoms. The fraction of sp³-hybridized carbons (Fsp3) is 0.571. The van der Waals surface area contributed by atoms with Gasteiger partial charge in [-0.3, -0.25) is 0 Å². The fourth-order valence-corrected chi connectivity index (χ4v) is 3.48. The van der Waals surface area contributed by atoms with Gasteiger partial charge in [0, 0.05) is 11.5 Å². The summed E-state index contributed by atoms with van der Waals surface area (Å²) in [6, 6.07) is 7.84. The first-order valence-corrected chi connectivity index (χ1v) is 9.23. The lowest BCUT2D eigenvalue weighted by molar-refractivity contribution is -0.153. The zero-order chi connectivity index (χ0) is 17.5. The molecule has 1 aliphatic rings. The van der Waals surface area contributed by atoms with Gasteiger partial charge in [-0.15, -0.1) is 0 Å². The number of esters is 1. The Bertz CT molecular complexity index is 564. The second kappa shape index (κ2) is 8.91. The molecule has 132 valence electrons. The summed E-state index contributed by atoms with van der Waals surface area (Å²) < 4.78 is 11.3. The van der Waals surface area contributed by atoms with Crippen LogP contribution in [0.15, 0.2) is 30.8 Å². The Kier molecular flexibility index (Phi) is 6.89. The summed E-state index contributed by atoms with van der Waals surface area (Å²) in [4.78, 5) is 12.5. The minimum Gasteiger partial charge on any atom is -0.477 e. The van der Waals surface area contributed by atoms with E-state index < -0.39 is 6.10 Å². The van der Waals surface area contributed by atoms with Crippen molar-refractivity contribution in [2.75, 3.05) is 6.61 Å². The molecular weight excluding hydrogens is 300 g/mol. The van der Waals surface area contributed by atoms with Gasteiger partial charge in [0.25, 0.3) is 0 Å². The zero-order valence-corrected chi connectivity index (χ0v) is 15.2. The third kappa shape index (κ3) is 4.19. The van der Waals surface area contributed by atoms with Crippen LogP contribution in [0.4, 0.5) is 0 Å². The molecule has 1 heterocycles. The standard InChI is InChI=1S/C21H30O3/c1-5-8-11-16(6-2)14-18-15(4)17-12-9-10-13-19(17)24-20(18)21(22)23-7-3/h9-10,12-13,16,18,20H,4-8,11,14H2,1-3H3/t16?,18-,20+/m1/s1. The Hall–Kier alpha value is -1.77. The van der Waals surface area contributed by atoms with Gasteiger partial charge in [-0.25, -0.2) is 4.79 Å². The van der Waals surface area contributed by atoms with Crippen molar-refractivity contribution in [3.63, 3.8) is 0 Å². The average molecular weight is 330 g/mol. The summed E-state index contributed by atoms with van der Waals surface area (Å²) >= 11 is 0. The van der Waals surface area contributed by atoms with E-state index in [0.29, 0.717) is 12.5 Å². The zero-order valence-electron chi connectivity index (χ0n) is 15.2. The number of benzene rings is 1. The van der Waals surface area contributed by atoms with E-state index in [1.807, 2.05) is 31.2 Å². The molecule has 0 saturated heterocycles. The fourth-order valence-electron chi connectivity index (χ4n) is 3.48. The monoisotopic (exact) mass is 330 g/mol. The highest BCUT2D eigenvalue weighted by Crippen LogP contribution is 2.42. The molecule has 0 N–H and O–H groups in total. The van der Waals surface area contributed by atoms with Crippen LogP contribution in [0.3, 0.4) is 0 Å². The van der Waals surface area contributed by atoms with Crippen LogP contribution < -0.4 is 4.74 Å². The first-order valence-electron chi connectivity index (χ1n) is 9.23. The van der Waals surface area contributed by atoms with Gasteiger partial charge in [-0.2, -0.15) is 0 Å². The van der Waals surface area contributed by atoms with Gasteiger partial charge in [-0.1, -0.05) is 64.3 Å². The van der Waals surface area contributed by atoms with Crippen molar-refractivity contribution in [3.8, 4) is 5.75 Å². The van der Waals surface area contributed by atoms with E-state index >= 15 is 0 Å². The molecule has 0 aromatic heterocycles. The molecule has 3 atom stereocenters. The number of para-hydroxylation sites is 1.